The summed E-state index contributed by atoms with van der Waals surface area (Å²) in [7, 11) is 0. The lowest BCUT2D eigenvalue weighted by Crippen LogP contribution is -2.52. The standard InChI is InChI=1S/C21H28O8/c1-12-7-8-16(13(10-12)6-5-9-27-20(26)21(2,3)4)28-19-15(23)11-14(22)17(29-19)18(24)25/h5-8,10,14-15,17,19,22-23H,9,11H2,1-4H3,(H,24,25)/b6-5+/t14-,15+,17-,19?/m0/s1. The van der Waals surface area contributed by atoms with Crippen LogP contribution in [0.1, 0.15) is 38.3 Å². The van der Waals surface area contributed by atoms with Crippen LogP contribution in [-0.4, -0.2) is 58.5 Å². The van der Waals surface area contributed by atoms with Crippen molar-refractivity contribution in [1.29, 1.82) is 0 Å². The van der Waals surface area contributed by atoms with Crippen LogP contribution in [0.25, 0.3) is 6.08 Å². The predicted molar refractivity (Wildman–Crippen MR) is 104 cm³/mol. The van der Waals surface area contributed by atoms with Crippen LogP contribution in [0.3, 0.4) is 0 Å². The summed E-state index contributed by atoms with van der Waals surface area (Å²) in [5.74, 6) is -1.29. The Labute approximate surface area is 169 Å². The molecule has 1 heterocycles. The zero-order valence-electron chi connectivity index (χ0n) is 17.0. The zero-order chi connectivity index (χ0) is 21.8. The van der Waals surface area contributed by atoms with Crippen molar-refractivity contribution in [3.8, 4) is 5.75 Å². The first kappa shape index (κ1) is 22.9. The van der Waals surface area contributed by atoms with E-state index in [0.29, 0.717) is 11.3 Å². The molecular formula is C21H28O8. The topological polar surface area (TPSA) is 123 Å². The molecule has 8 heteroatoms. The fraction of sp³-hybridized carbons (Fsp3) is 0.524. The number of carbonyl (C=O) groups is 2. The first-order chi connectivity index (χ1) is 13.5. The number of aryl methyl sites for hydroxylation is 1. The van der Waals surface area contributed by atoms with Crippen LogP contribution in [0.5, 0.6) is 5.75 Å². The fourth-order valence-corrected chi connectivity index (χ4v) is 2.68. The van der Waals surface area contributed by atoms with E-state index in [1.54, 1.807) is 45.1 Å². The van der Waals surface area contributed by atoms with Gasteiger partial charge < -0.3 is 29.5 Å². The molecule has 1 aromatic rings. The van der Waals surface area contributed by atoms with Crippen LogP contribution in [0.4, 0.5) is 0 Å². The van der Waals surface area contributed by atoms with Gasteiger partial charge in [-0.25, -0.2) is 4.79 Å². The van der Waals surface area contributed by atoms with Gasteiger partial charge in [-0.2, -0.15) is 0 Å². The molecule has 0 bridgehead atoms. The number of esters is 1. The number of aliphatic hydroxyl groups is 2. The van der Waals surface area contributed by atoms with Gasteiger partial charge in [-0.1, -0.05) is 17.7 Å². The summed E-state index contributed by atoms with van der Waals surface area (Å²) in [4.78, 5) is 23.0. The van der Waals surface area contributed by atoms with E-state index in [2.05, 4.69) is 0 Å². The molecular weight excluding hydrogens is 380 g/mol. The van der Waals surface area contributed by atoms with Crippen molar-refractivity contribution in [3.63, 3.8) is 0 Å². The molecule has 0 amide bonds. The third kappa shape index (κ3) is 6.28. The van der Waals surface area contributed by atoms with Gasteiger partial charge >= 0.3 is 11.9 Å². The summed E-state index contributed by atoms with van der Waals surface area (Å²) in [6.07, 6.45) is -2.05. The summed E-state index contributed by atoms with van der Waals surface area (Å²) in [6.45, 7) is 7.27. The smallest absolute Gasteiger partial charge is 0.335 e. The lowest BCUT2D eigenvalue weighted by atomic mass is 9.97. The van der Waals surface area contributed by atoms with Gasteiger partial charge in [0.2, 0.25) is 6.29 Å². The minimum atomic E-state index is -1.48. The van der Waals surface area contributed by atoms with Gasteiger partial charge in [0, 0.05) is 12.0 Å². The van der Waals surface area contributed by atoms with E-state index in [1.165, 1.54) is 0 Å². The van der Waals surface area contributed by atoms with Crippen LogP contribution in [-0.2, 0) is 19.1 Å². The Morgan fingerprint density at radius 3 is 2.55 bits per heavy atom. The second kappa shape index (κ2) is 9.39. The van der Waals surface area contributed by atoms with Crippen LogP contribution >= 0.6 is 0 Å². The molecule has 1 fully saturated rings. The Morgan fingerprint density at radius 1 is 1.24 bits per heavy atom. The van der Waals surface area contributed by atoms with Gasteiger partial charge in [0.05, 0.1) is 11.5 Å². The molecule has 0 aromatic heterocycles. The quantitative estimate of drug-likeness (QED) is 0.610. The van der Waals surface area contributed by atoms with E-state index in [4.69, 9.17) is 19.3 Å². The molecule has 2 rings (SSSR count). The maximum Gasteiger partial charge on any atom is 0.335 e. The molecule has 0 spiro atoms. The number of rotatable bonds is 6. The monoisotopic (exact) mass is 408 g/mol. The van der Waals surface area contributed by atoms with Crippen LogP contribution in [0.15, 0.2) is 24.3 Å². The van der Waals surface area contributed by atoms with E-state index in [-0.39, 0.29) is 19.0 Å². The van der Waals surface area contributed by atoms with Gasteiger partial charge in [0.15, 0.2) is 6.10 Å². The maximum atomic E-state index is 11.8. The van der Waals surface area contributed by atoms with Gasteiger partial charge in [-0.3, -0.25) is 4.79 Å². The molecule has 0 aliphatic carbocycles. The molecule has 0 radical (unpaired) electrons. The average Bonchev–Trinajstić information content (AvgIpc) is 2.61. The number of ether oxygens (including phenoxy) is 3. The van der Waals surface area contributed by atoms with Gasteiger partial charge in [0.1, 0.15) is 18.5 Å². The molecule has 1 aromatic carbocycles. The molecule has 1 aliphatic heterocycles. The van der Waals surface area contributed by atoms with Crippen molar-refractivity contribution in [1.82, 2.24) is 0 Å². The molecule has 160 valence electrons. The summed E-state index contributed by atoms with van der Waals surface area (Å²) in [5.41, 5.74) is 1.00. The predicted octanol–water partition coefficient (Wildman–Crippen LogP) is 1.90. The molecule has 1 aliphatic rings. The molecule has 4 atom stereocenters. The van der Waals surface area contributed by atoms with E-state index in [1.807, 2.05) is 13.0 Å². The number of benzene rings is 1. The first-order valence-electron chi connectivity index (χ1n) is 9.34. The third-order valence-corrected chi connectivity index (χ3v) is 4.30. The van der Waals surface area contributed by atoms with Gasteiger partial charge in [-0.05, 0) is 45.9 Å². The van der Waals surface area contributed by atoms with Crippen molar-refractivity contribution in [2.45, 2.75) is 58.7 Å². The van der Waals surface area contributed by atoms with Crippen molar-refractivity contribution in [2.24, 2.45) is 5.41 Å². The Morgan fingerprint density at radius 2 is 1.93 bits per heavy atom. The number of hydrogen-bond donors (Lipinski definition) is 3. The lowest BCUT2D eigenvalue weighted by molar-refractivity contribution is -0.237. The number of aliphatic carboxylic acids is 1. The van der Waals surface area contributed by atoms with Crippen molar-refractivity contribution < 1.29 is 39.1 Å². The Hall–Kier alpha value is -2.42. The van der Waals surface area contributed by atoms with E-state index >= 15 is 0 Å². The van der Waals surface area contributed by atoms with Crippen LogP contribution < -0.4 is 4.74 Å². The largest absolute Gasteiger partial charge is 0.479 e. The Kier molecular flexibility index (Phi) is 7.40. The SMILES string of the molecule is Cc1ccc(OC2O[C@H](C(=O)O)[C@@H](O)C[C@H]2O)c(/C=C/COC(=O)C(C)(C)C)c1. The van der Waals surface area contributed by atoms with E-state index in [0.717, 1.165) is 5.56 Å². The molecule has 29 heavy (non-hydrogen) atoms. The minimum Gasteiger partial charge on any atom is -0.479 e. The highest BCUT2D eigenvalue weighted by Crippen LogP contribution is 2.28. The first-order valence-corrected chi connectivity index (χ1v) is 9.34. The summed E-state index contributed by atoms with van der Waals surface area (Å²) in [5, 5.41) is 29.0. The summed E-state index contributed by atoms with van der Waals surface area (Å²) < 4.78 is 16.1. The minimum absolute atomic E-state index is 0.0827. The number of carboxylic acid groups (broad SMARTS) is 1. The van der Waals surface area contributed by atoms with Crippen molar-refractivity contribution in [3.05, 3.63) is 35.4 Å². The van der Waals surface area contributed by atoms with Gasteiger partial charge in [-0.15, -0.1) is 0 Å². The zero-order valence-corrected chi connectivity index (χ0v) is 17.0. The maximum absolute atomic E-state index is 11.8. The molecule has 8 nitrogen and oxygen atoms in total. The summed E-state index contributed by atoms with van der Waals surface area (Å²) >= 11 is 0. The molecule has 3 N–H and O–H groups in total. The normalized spacial score (nSPS) is 25.0. The lowest BCUT2D eigenvalue weighted by Gasteiger charge is -2.35. The van der Waals surface area contributed by atoms with E-state index < -0.39 is 36.0 Å². The van der Waals surface area contributed by atoms with Crippen LogP contribution in [0, 0.1) is 12.3 Å². The van der Waals surface area contributed by atoms with Crippen molar-refractivity contribution in [2.75, 3.05) is 6.61 Å². The Balaban J connectivity index is 2.10. The highest BCUT2D eigenvalue weighted by molar-refractivity contribution is 5.75. The summed E-state index contributed by atoms with van der Waals surface area (Å²) in [6, 6.07) is 5.30. The Bertz CT molecular complexity index is 764. The fourth-order valence-electron chi connectivity index (χ4n) is 2.68. The molecule has 1 saturated heterocycles. The van der Waals surface area contributed by atoms with Crippen molar-refractivity contribution >= 4 is 18.0 Å². The number of hydrogen-bond acceptors (Lipinski definition) is 7. The second-order valence-corrected chi connectivity index (χ2v) is 8.04. The molecule has 0 saturated carbocycles. The third-order valence-electron chi connectivity index (χ3n) is 4.30. The number of carboxylic acids is 1. The average molecular weight is 408 g/mol. The highest BCUT2D eigenvalue weighted by atomic mass is 16.7. The number of aliphatic hydroxyl groups excluding tert-OH is 2. The van der Waals surface area contributed by atoms with Crippen LogP contribution in [0.2, 0.25) is 0 Å². The highest BCUT2D eigenvalue weighted by Gasteiger charge is 2.41. The molecule has 1 unspecified atom stereocenters. The van der Waals surface area contributed by atoms with Gasteiger partial charge in [0.25, 0.3) is 0 Å². The van der Waals surface area contributed by atoms with E-state index in [9.17, 15) is 19.8 Å². The second-order valence-electron chi connectivity index (χ2n) is 8.04. The number of carbonyl (C=O) groups excluding carboxylic acids is 1.